The molecule has 0 fully saturated rings. The lowest BCUT2D eigenvalue weighted by atomic mass is 10.0. The fraction of sp³-hybridized carbons (Fsp3) is 0.900. The van der Waals surface area contributed by atoms with E-state index in [1.165, 1.54) is 252 Å². The van der Waals surface area contributed by atoms with Gasteiger partial charge in [0.1, 0.15) is 36.6 Å². The van der Waals surface area contributed by atoms with E-state index in [9.17, 15) is 28.8 Å². The highest BCUT2D eigenvalue weighted by Crippen LogP contribution is 2.16. The van der Waals surface area contributed by atoms with Crippen LogP contribution in [0.4, 0.5) is 0 Å². The number of carbonyl (C=O) groups is 6. The van der Waals surface area contributed by atoms with Crippen molar-refractivity contribution in [3.63, 3.8) is 0 Å². The highest BCUT2D eigenvalue weighted by atomic mass is 27.0. The fourth-order valence-electron chi connectivity index (χ4n) is 8.21. The molecule has 0 aromatic heterocycles. The quantitative estimate of drug-likeness (QED) is 0.0192. The van der Waals surface area contributed by atoms with Crippen molar-refractivity contribution in [1.29, 1.82) is 0 Å². The minimum atomic E-state index is -0.382. The van der Waals surface area contributed by atoms with E-state index in [0.29, 0.717) is 19.8 Å². The van der Waals surface area contributed by atoms with Crippen LogP contribution in [0, 0.1) is 0 Å². The summed E-state index contributed by atoms with van der Waals surface area (Å²) in [5, 5.41) is 0. The molecule has 3 radical (unpaired) electrons. The minimum Gasteiger partial charge on any atom is -0.465 e. The number of esters is 3. The summed E-state index contributed by atoms with van der Waals surface area (Å²) in [7, 11) is 0. The molecule has 0 aliphatic heterocycles. The number of carbonyl (C=O) groups excluding carboxylic acids is 6. The molecule has 0 amide bonds. The van der Waals surface area contributed by atoms with Crippen molar-refractivity contribution in [2.75, 3.05) is 19.8 Å². The Kier molecular flexibility index (Phi) is 69.1. The summed E-state index contributed by atoms with van der Waals surface area (Å²) in [6, 6.07) is 0. The molecule has 0 saturated heterocycles. The predicted molar refractivity (Wildman–Crippen MR) is 295 cm³/mol. The maximum atomic E-state index is 11.1. The Bertz CT molecular complexity index is 1010. The van der Waals surface area contributed by atoms with E-state index in [-0.39, 0.29) is 71.9 Å². The van der Waals surface area contributed by atoms with Gasteiger partial charge in [0.05, 0.1) is 19.8 Å². The molecular weight excluding hydrogens is 892 g/mol. The second kappa shape index (κ2) is 65.0. The first kappa shape index (κ1) is 74.5. The Hall–Kier alpha value is -2.05. The number of hydrogen-bond donors (Lipinski definition) is 0. The molecule has 0 aliphatic rings. The molecule has 0 unspecified atom stereocenters. The standard InChI is InChI=1S/3C20H38O3.Al/c3*1-3-4-5-6-7-8-9-10-11-12-13-14-15-16-17-23-20(22)18-19(2)21;/h3*3-18H2,1-2H3;. The Labute approximate surface area is 443 Å². The number of unbranched alkanes of at least 4 members (excludes halogenated alkanes) is 39. The molecule has 0 atom stereocenters. The number of hydrogen-bond acceptors (Lipinski definition) is 9. The lowest BCUT2D eigenvalue weighted by Gasteiger charge is -2.04. The second-order valence-electron chi connectivity index (χ2n) is 20.1. The number of ether oxygens (including phenoxy) is 3. The van der Waals surface area contributed by atoms with E-state index in [1.807, 2.05) is 0 Å². The highest BCUT2D eigenvalue weighted by molar-refractivity contribution is 5.95. The summed E-state index contributed by atoms with van der Waals surface area (Å²) in [6.07, 6.45) is 55.0. The van der Waals surface area contributed by atoms with Crippen LogP contribution in [0.25, 0.3) is 0 Å². The zero-order chi connectivity index (χ0) is 51.5. The Morgan fingerprint density at radius 1 is 0.229 bits per heavy atom. The second-order valence-corrected chi connectivity index (χ2v) is 20.1. The first-order valence-corrected chi connectivity index (χ1v) is 29.4. The molecule has 0 heterocycles. The molecule has 0 spiro atoms. The van der Waals surface area contributed by atoms with Crippen molar-refractivity contribution in [3.8, 4) is 0 Å². The lowest BCUT2D eigenvalue weighted by Crippen LogP contribution is -2.09. The van der Waals surface area contributed by atoms with Crippen LogP contribution in [0.15, 0.2) is 0 Å². The van der Waals surface area contributed by atoms with Crippen molar-refractivity contribution >= 4 is 52.6 Å². The van der Waals surface area contributed by atoms with E-state index in [0.717, 1.165) is 38.5 Å². The van der Waals surface area contributed by atoms with E-state index >= 15 is 0 Å². The first-order chi connectivity index (χ1) is 33.5. The van der Waals surface area contributed by atoms with Crippen LogP contribution in [0.1, 0.15) is 330 Å². The van der Waals surface area contributed by atoms with Gasteiger partial charge in [-0.2, -0.15) is 0 Å². The Morgan fingerprint density at radius 3 is 0.486 bits per heavy atom. The van der Waals surface area contributed by atoms with Crippen LogP contribution in [-0.4, -0.2) is 72.4 Å². The average Bonchev–Trinajstić information content (AvgIpc) is 3.30. The van der Waals surface area contributed by atoms with Crippen molar-refractivity contribution < 1.29 is 43.0 Å². The Morgan fingerprint density at radius 2 is 0.357 bits per heavy atom. The molecule has 70 heavy (non-hydrogen) atoms. The van der Waals surface area contributed by atoms with Crippen molar-refractivity contribution in [1.82, 2.24) is 0 Å². The molecule has 9 nitrogen and oxygen atoms in total. The molecule has 0 rings (SSSR count). The van der Waals surface area contributed by atoms with Crippen LogP contribution >= 0.6 is 0 Å². The zero-order valence-corrected chi connectivity index (χ0v) is 48.3. The third-order valence-electron chi connectivity index (χ3n) is 12.5. The van der Waals surface area contributed by atoms with Gasteiger partial charge in [-0.05, 0) is 40.0 Å². The summed E-state index contributed by atoms with van der Waals surface area (Å²) in [5.41, 5.74) is 0. The van der Waals surface area contributed by atoms with Gasteiger partial charge in [-0.3, -0.25) is 28.8 Å². The molecule has 0 saturated carbocycles. The third-order valence-corrected chi connectivity index (χ3v) is 12.5. The van der Waals surface area contributed by atoms with Crippen molar-refractivity contribution in [2.24, 2.45) is 0 Å². The van der Waals surface area contributed by atoms with Crippen LogP contribution in [0.2, 0.25) is 0 Å². The van der Waals surface area contributed by atoms with E-state index < -0.39 is 0 Å². The topological polar surface area (TPSA) is 130 Å². The van der Waals surface area contributed by atoms with Crippen LogP contribution in [0.3, 0.4) is 0 Å². The molecule has 0 N–H and O–H groups in total. The number of Topliss-reactive ketones (excluding diaryl/α,β-unsaturated/α-hetero) is 3. The highest BCUT2D eigenvalue weighted by Gasteiger charge is 2.08. The van der Waals surface area contributed by atoms with Gasteiger partial charge < -0.3 is 14.2 Å². The SMILES string of the molecule is CCCCCCCCCCCCCCCCOC(=O)CC(C)=O.CCCCCCCCCCCCCCCCOC(=O)CC(C)=O.CCCCCCCCCCCCCCCCOC(=O)CC(C)=O.[Al]. The molecule has 10 heteroatoms. The van der Waals surface area contributed by atoms with Gasteiger partial charge in [0.15, 0.2) is 0 Å². The molecule has 0 bridgehead atoms. The maximum absolute atomic E-state index is 11.1. The van der Waals surface area contributed by atoms with Gasteiger partial charge in [-0.15, -0.1) is 0 Å². The zero-order valence-electron chi connectivity index (χ0n) is 47.2. The largest absolute Gasteiger partial charge is 0.465 e. The minimum absolute atomic E-state index is 0. The van der Waals surface area contributed by atoms with Gasteiger partial charge in [0.2, 0.25) is 0 Å². The molecule has 0 aromatic rings. The monoisotopic (exact) mass is 1010 g/mol. The van der Waals surface area contributed by atoms with E-state index in [2.05, 4.69) is 20.8 Å². The molecule has 411 valence electrons. The van der Waals surface area contributed by atoms with E-state index in [1.54, 1.807) is 0 Å². The van der Waals surface area contributed by atoms with Gasteiger partial charge in [-0.1, -0.05) is 271 Å². The summed E-state index contributed by atoms with van der Waals surface area (Å²) in [6.45, 7) is 12.4. The normalized spacial score (nSPS) is 10.5. The maximum Gasteiger partial charge on any atom is 0.313 e. The van der Waals surface area contributed by atoms with Gasteiger partial charge >= 0.3 is 17.9 Å². The summed E-state index contributed by atoms with van der Waals surface area (Å²) in [5.74, 6) is -1.53. The van der Waals surface area contributed by atoms with Crippen molar-refractivity contribution in [2.45, 2.75) is 330 Å². The van der Waals surface area contributed by atoms with Gasteiger partial charge in [-0.25, -0.2) is 0 Å². The van der Waals surface area contributed by atoms with Crippen LogP contribution in [0.5, 0.6) is 0 Å². The summed E-state index contributed by atoms with van der Waals surface area (Å²) >= 11 is 0. The van der Waals surface area contributed by atoms with E-state index in [4.69, 9.17) is 14.2 Å². The number of ketones is 3. The molecule has 0 aliphatic carbocycles. The predicted octanol–water partition coefficient (Wildman–Crippen LogP) is 17.6. The van der Waals surface area contributed by atoms with Crippen molar-refractivity contribution in [3.05, 3.63) is 0 Å². The number of rotatable bonds is 51. The van der Waals surface area contributed by atoms with Crippen LogP contribution in [-0.2, 0) is 43.0 Å². The van der Waals surface area contributed by atoms with Crippen LogP contribution < -0.4 is 0 Å². The average molecular weight is 1010 g/mol. The lowest BCUT2D eigenvalue weighted by molar-refractivity contribution is -0.147. The summed E-state index contributed by atoms with van der Waals surface area (Å²) < 4.78 is 15.0. The van der Waals surface area contributed by atoms with Gasteiger partial charge in [0.25, 0.3) is 0 Å². The first-order valence-electron chi connectivity index (χ1n) is 29.4. The fourth-order valence-corrected chi connectivity index (χ4v) is 8.21. The molecular formula is C60H114AlO9. The molecule has 0 aromatic carbocycles. The van der Waals surface area contributed by atoms with Gasteiger partial charge in [0, 0.05) is 17.4 Å². The summed E-state index contributed by atoms with van der Waals surface area (Å²) in [4.78, 5) is 65.6. The Balaban J connectivity index is -0.000000463. The smallest absolute Gasteiger partial charge is 0.313 e. The third kappa shape index (κ3) is 74.9.